The van der Waals surface area contributed by atoms with E-state index in [1.165, 1.54) is 18.5 Å². The first-order valence-electron chi connectivity index (χ1n) is 7.98. The van der Waals surface area contributed by atoms with Gasteiger partial charge in [0.15, 0.2) is 0 Å². The van der Waals surface area contributed by atoms with Crippen molar-refractivity contribution in [3.63, 3.8) is 0 Å². The van der Waals surface area contributed by atoms with E-state index in [4.69, 9.17) is 17.3 Å². The van der Waals surface area contributed by atoms with Gasteiger partial charge in [-0.25, -0.2) is 0 Å². The monoisotopic (exact) mass is 309 g/mol. The molecule has 0 bridgehead atoms. The van der Waals surface area contributed by atoms with Gasteiger partial charge >= 0.3 is 0 Å². The summed E-state index contributed by atoms with van der Waals surface area (Å²) in [4.78, 5) is 4.99. The Kier molecular flexibility index (Phi) is 6.06. The molecule has 3 nitrogen and oxygen atoms in total. The summed E-state index contributed by atoms with van der Waals surface area (Å²) in [6.07, 6.45) is 3.54. The van der Waals surface area contributed by atoms with Crippen molar-refractivity contribution in [2.24, 2.45) is 5.73 Å². The van der Waals surface area contributed by atoms with Crippen LogP contribution in [-0.2, 0) is 6.54 Å². The molecule has 21 heavy (non-hydrogen) atoms. The van der Waals surface area contributed by atoms with Crippen LogP contribution in [0.3, 0.4) is 0 Å². The summed E-state index contributed by atoms with van der Waals surface area (Å²) in [6.45, 7) is 7.40. The molecule has 1 saturated heterocycles. The molecule has 0 radical (unpaired) electrons. The van der Waals surface area contributed by atoms with E-state index < -0.39 is 0 Å². The number of nitrogens with two attached hydrogens (primary N) is 1. The van der Waals surface area contributed by atoms with Crippen molar-refractivity contribution >= 4 is 11.6 Å². The normalized spacial score (nSPS) is 19.1. The predicted molar refractivity (Wildman–Crippen MR) is 90.7 cm³/mol. The van der Waals surface area contributed by atoms with Gasteiger partial charge in [-0.15, -0.1) is 0 Å². The van der Waals surface area contributed by atoms with Gasteiger partial charge < -0.3 is 10.6 Å². The van der Waals surface area contributed by atoms with Crippen LogP contribution in [0.4, 0.5) is 0 Å². The molecule has 0 aromatic heterocycles. The second-order valence-corrected chi connectivity index (χ2v) is 6.69. The van der Waals surface area contributed by atoms with Crippen molar-refractivity contribution in [1.29, 1.82) is 0 Å². The Morgan fingerprint density at radius 1 is 1.33 bits per heavy atom. The van der Waals surface area contributed by atoms with Gasteiger partial charge in [-0.1, -0.05) is 30.7 Å². The fourth-order valence-corrected chi connectivity index (χ4v) is 3.54. The fourth-order valence-electron chi connectivity index (χ4n) is 3.33. The SMILES string of the molecule is CCCN1CCC(CN)(N(C)Cc2cccc(Cl)c2)CC1. The molecule has 118 valence electrons. The van der Waals surface area contributed by atoms with Crippen molar-refractivity contribution in [1.82, 2.24) is 9.80 Å². The molecule has 1 aliphatic rings. The van der Waals surface area contributed by atoms with Crippen LogP contribution >= 0.6 is 11.6 Å². The molecular formula is C17H28ClN3. The third-order valence-corrected chi connectivity index (χ3v) is 5.06. The zero-order valence-corrected chi connectivity index (χ0v) is 14.1. The Morgan fingerprint density at radius 3 is 2.62 bits per heavy atom. The van der Waals surface area contributed by atoms with E-state index in [9.17, 15) is 0 Å². The molecule has 1 aromatic rings. The summed E-state index contributed by atoms with van der Waals surface area (Å²) in [5, 5.41) is 0.806. The summed E-state index contributed by atoms with van der Waals surface area (Å²) >= 11 is 6.09. The number of rotatable bonds is 6. The van der Waals surface area contributed by atoms with Crippen molar-refractivity contribution in [2.75, 3.05) is 33.2 Å². The van der Waals surface area contributed by atoms with E-state index in [1.807, 2.05) is 12.1 Å². The highest BCUT2D eigenvalue weighted by Crippen LogP contribution is 2.28. The number of halogens is 1. The lowest BCUT2D eigenvalue weighted by atomic mass is 9.85. The molecule has 4 heteroatoms. The number of hydrogen-bond donors (Lipinski definition) is 1. The van der Waals surface area contributed by atoms with E-state index in [1.54, 1.807) is 0 Å². The van der Waals surface area contributed by atoms with Crippen LogP contribution in [0.1, 0.15) is 31.7 Å². The minimum Gasteiger partial charge on any atom is -0.329 e. The van der Waals surface area contributed by atoms with Gasteiger partial charge in [-0.2, -0.15) is 0 Å². The molecule has 0 atom stereocenters. The minimum absolute atomic E-state index is 0.132. The zero-order chi connectivity index (χ0) is 15.3. The van der Waals surface area contributed by atoms with Gasteiger partial charge in [0, 0.05) is 23.7 Å². The summed E-state index contributed by atoms with van der Waals surface area (Å²) in [5.74, 6) is 0. The average Bonchev–Trinajstić information content (AvgIpc) is 2.48. The number of benzene rings is 1. The zero-order valence-electron chi connectivity index (χ0n) is 13.3. The maximum Gasteiger partial charge on any atom is 0.0409 e. The minimum atomic E-state index is 0.132. The van der Waals surface area contributed by atoms with E-state index >= 15 is 0 Å². The first-order valence-corrected chi connectivity index (χ1v) is 8.35. The summed E-state index contributed by atoms with van der Waals surface area (Å²) in [5.41, 5.74) is 7.55. The number of piperidine rings is 1. The highest BCUT2D eigenvalue weighted by Gasteiger charge is 2.36. The highest BCUT2D eigenvalue weighted by atomic mass is 35.5. The van der Waals surface area contributed by atoms with Gasteiger partial charge in [0.2, 0.25) is 0 Å². The molecule has 0 aliphatic carbocycles. The second kappa shape index (κ2) is 7.59. The van der Waals surface area contributed by atoms with Gasteiger partial charge in [-0.05, 0) is 63.6 Å². The lowest BCUT2D eigenvalue weighted by Gasteiger charge is -2.47. The number of likely N-dealkylation sites (tertiary alicyclic amines) is 1. The average molecular weight is 310 g/mol. The third-order valence-electron chi connectivity index (χ3n) is 4.83. The Hall–Kier alpha value is -0.610. The Balaban J connectivity index is 2.00. The van der Waals surface area contributed by atoms with Crippen molar-refractivity contribution in [3.05, 3.63) is 34.9 Å². The molecule has 0 saturated carbocycles. The first kappa shape index (κ1) is 16.8. The van der Waals surface area contributed by atoms with E-state index in [0.717, 1.165) is 44.0 Å². The summed E-state index contributed by atoms with van der Waals surface area (Å²) in [6, 6.07) is 8.13. The summed E-state index contributed by atoms with van der Waals surface area (Å²) < 4.78 is 0. The molecule has 1 aromatic carbocycles. The molecule has 0 amide bonds. The molecule has 0 spiro atoms. The van der Waals surface area contributed by atoms with E-state index in [2.05, 4.69) is 35.9 Å². The van der Waals surface area contributed by atoms with E-state index in [-0.39, 0.29) is 5.54 Å². The van der Waals surface area contributed by atoms with E-state index in [0.29, 0.717) is 0 Å². The molecule has 1 aliphatic heterocycles. The van der Waals surface area contributed by atoms with Crippen molar-refractivity contribution < 1.29 is 0 Å². The quantitative estimate of drug-likeness (QED) is 0.877. The van der Waals surface area contributed by atoms with Crippen molar-refractivity contribution in [3.8, 4) is 0 Å². The van der Waals surface area contributed by atoms with Crippen LogP contribution < -0.4 is 5.73 Å². The maximum absolute atomic E-state index is 6.16. The topological polar surface area (TPSA) is 32.5 Å². The maximum atomic E-state index is 6.16. The van der Waals surface area contributed by atoms with Crippen LogP contribution in [0.15, 0.2) is 24.3 Å². The Morgan fingerprint density at radius 2 is 2.05 bits per heavy atom. The van der Waals surface area contributed by atoms with Gasteiger partial charge in [0.1, 0.15) is 0 Å². The predicted octanol–water partition coefficient (Wildman–Crippen LogP) is 2.98. The summed E-state index contributed by atoms with van der Waals surface area (Å²) in [7, 11) is 2.20. The molecule has 1 fully saturated rings. The number of likely N-dealkylation sites (N-methyl/N-ethyl adjacent to an activating group) is 1. The van der Waals surface area contributed by atoms with Crippen LogP contribution in [0.2, 0.25) is 5.02 Å². The molecule has 2 rings (SSSR count). The lowest BCUT2D eigenvalue weighted by Crippen LogP contribution is -2.57. The third kappa shape index (κ3) is 4.19. The van der Waals surface area contributed by atoms with Crippen LogP contribution in [0.5, 0.6) is 0 Å². The van der Waals surface area contributed by atoms with Gasteiger partial charge in [-0.3, -0.25) is 4.90 Å². The molecule has 0 unspecified atom stereocenters. The van der Waals surface area contributed by atoms with Gasteiger partial charge in [0.05, 0.1) is 0 Å². The second-order valence-electron chi connectivity index (χ2n) is 6.26. The Bertz CT molecular complexity index is 441. The molecule has 1 heterocycles. The molecule has 2 N–H and O–H groups in total. The first-order chi connectivity index (χ1) is 10.1. The largest absolute Gasteiger partial charge is 0.329 e. The number of hydrogen-bond acceptors (Lipinski definition) is 3. The number of nitrogens with zero attached hydrogens (tertiary/aromatic N) is 2. The van der Waals surface area contributed by atoms with Crippen LogP contribution in [0, 0.1) is 0 Å². The standard InChI is InChI=1S/C17H28ClN3/c1-3-9-21-10-7-17(14-19,8-11-21)20(2)13-15-5-4-6-16(18)12-15/h4-6,12H,3,7-11,13-14,19H2,1-2H3. The fraction of sp³-hybridized carbons (Fsp3) is 0.647. The Labute approximate surface area is 134 Å². The molecular weight excluding hydrogens is 282 g/mol. The van der Waals surface area contributed by atoms with Crippen LogP contribution in [0.25, 0.3) is 0 Å². The smallest absolute Gasteiger partial charge is 0.0409 e. The highest BCUT2D eigenvalue weighted by molar-refractivity contribution is 6.30. The van der Waals surface area contributed by atoms with Gasteiger partial charge in [0.25, 0.3) is 0 Å². The van der Waals surface area contributed by atoms with Crippen LogP contribution in [-0.4, -0.2) is 48.6 Å². The lowest BCUT2D eigenvalue weighted by molar-refractivity contribution is 0.0401. The van der Waals surface area contributed by atoms with Crippen molar-refractivity contribution in [2.45, 2.75) is 38.3 Å².